The van der Waals surface area contributed by atoms with Gasteiger partial charge in [-0.1, -0.05) is 6.07 Å². The standard InChI is InChI=1S/C11H11FO4S/c12-8-2-1-6(5-17(15)16)11-9(14)3-7(4-13)10(8)11/h1-3,9,13-14H,4-5H2,(H,15,16). The van der Waals surface area contributed by atoms with Crippen molar-refractivity contribution in [3.63, 3.8) is 0 Å². The first kappa shape index (κ1) is 12.4. The molecule has 0 radical (unpaired) electrons. The summed E-state index contributed by atoms with van der Waals surface area (Å²) in [6.07, 6.45) is 0.304. The van der Waals surface area contributed by atoms with Crippen LogP contribution in [0.4, 0.5) is 4.39 Å². The third kappa shape index (κ3) is 2.16. The van der Waals surface area contributed by atoms with Crippen LogP contribution >= 0.6 is 0 Å². The quantitative estimate of drug-likeness (QED) is 0.706. The Morgan fingerprint density at radius 1 is 1.41 bits per heavy atom. The summed E-state index contributed by atoms with van der Waals surface area (Å²) in [7, 11) is 0. The van der Waals surface area contributed by atoms with E-state index in [1.165, 1.54) is 18.2 Å². The van der Waals surface area contributed by atoms with E-state index >= 15 is 0 Å². The summed E-state index contributed by atoms with van der Waals surface area (Å²) in [6, 6.07) is 2.54. The number of halogens is 1. The van der Waals surface area contributed by atoms with Crippen LogP contribution in [0.2, 0.25) is 0 Å². The molecule has 1 aliphatic carbocycles. The minimum absolute atomic E-state index is 0.142. The molecule has 4 nitrogen and oxygen atoms in total. The molecule has 1 aliphatic rings. The minimum Gasteiger partial charge on any atom is -0.392 e. The molecule has 3 N–H and O–H groups in total. The number of hydrogen-bond acceptors (Lipinski definition) is 3. The number of hydrogen-bond donors (Lipinski definition) is 3. The summed E-state index contributed by atoms with van der Waals surface area (Å²) in [5.41, 5.74) is 1.13. The molecule has 1 aromatic carbocycles. The van der Waals surface area contributed by atoms with Gasteiger partial charge in [-0.25, -0.2) is 8.60 Å². The molecule has 0 fully saturated rings. The van der Waals surface area contributed by atoms with Crippen LogP contribution in [0, 0.1) is 5.82 Å². The van der Waals surface area contributed by atoms with E-state index in [0.717, 1.165) is 0 Å². The molecule has 2 atom stereocenters. The highest BCUT2D eigenvalue weighted by Gasteiger charge is 2.27. The molecule has 2 unspecified atom stereocenters. The lowest BCUT2D eigenvalue weighted by atomic mass is 9.99. The van der Waals surface area contributed by atoms with Crippen molar-refractivity contribution in [1.82, 2.24) is 0 Å². The highest BCUT2D eigenvalue weighted by Crippen LogP contribution is 2.38. The molecule has 92 valence electrons. The Hall–Kier alpha value is -1.08. The third-order valence-electron chi connectivity index (χ3n) is 2.71. The first-order valence-corrected chi connectivity index (χ1v) is 6.21. The van der Waals surface area contributed by atoms with Crippen molar-refractivity contribution in [2.75, 3.05) is 6.61 Å². The molecular weight excluding hydrogens is 247 g/mol. The van der Waals surface area contributed by atoms with Crippen LogP contribution in [0.25, 0.3) is 5.57 Å². The molecule has 0 saturated heterocycles. The van der Waals surface area contributed by atoms with Crippen LogP contribution in [0.5, 0.6) is 0 Å². The van der Waals surface area contributed by atoms with Gasteiger partial charge in [0.15, 0.2) is 11.1 Å². The average molecular weight is 258 g/mol. The molecular formula is C11H11FO4S. The summed E-state index contributed by atoms with van der Waals surface area (Å²) < 4.78 is 33.2. The zero-order valence-corrected chi connectivity index (χ0v) is 9.58. The van der Waals surface area contributed by atoms with Gasteiger partial charge in [-0.05, 0) is 28.8 Å². The lowest BCUT2D eigenvalue weighted by Gasteiger charge is -2.11. The molecule has 17 heavy (non-hydrogen) atoms. The minimum atomic E-state index is -2.06. The van der Waals surface area contributed by atoms with E-state index in [4.69, 9.17) is 9.66 Å². The van der Waals surface area contributed by atoms with E-state index in [-0.39, 0.29) is 23.5 Å². The van der Waals surface area contributed by atoms with Gasteiger partial charge in [0.2, 0.25) is 0 Å². The van der Waals surface area contributed by atoms with Crippen LogP contribution in [0.15, 0.2) is 18.2 Å². The normalized spacial score (nSPS) is 20.0. The molecule has 6 heteroatoms. The number of fused-ring (bicyclic) bond motifs is 1. The Morgan fingerprint density at radius 2 is 2.12 bits per heavy atom. The predicted molar refractivity (Wildman–Crippen MR) is 60.9 cm³/mol. The van der Waals surface area contributed by atoms with Crippen molar-refractivity contribution in [3.8, 4) is 0 Å². The predicted octanol–water partition coefficient (Wildman–Crippen LogP) is 0.970. The summed E-state index contributed by atoms with van der Waals surface area (Å²) in [5.74, 6) is -0.726. The van der Waals surface area contributed by atoms with Crippen molar-refractivity contribution >= 4 is 16.7 Å². The van der Waals surface area contributed by atoms with Gasteiger partial charge in [-0.15, -0.1) is 0 Å². The smallest absolute Gasteiger partial charge is 0.157 e. The summed E-state index contributed by atoms with van der Waals surface area (Å²) in [4.78, 5) is 0. The summed E-state index contributed by atoms with van der Waals surface area (Å²) in [6.45, 7) is -0.382. The summed E-state index contributed by atoms with van der Waals surface area (Å²) in [5, 5.41) is 18.8. The van der Waals surface area contributed by atoms with Crippen LogP contribution in [-0.2, 0) is 16.8 Å². The van der Waals surface area contributed by atoms with Crippen molar-refractivity contribution in [1.29, 1.82) is 0 Å². The Morgan fingerprint density at radius 3 is 2.71 bits per heavy atom. The monoisotopic (exact) mass is 258 g/mol. The van der Waals surface area contributed by atoms with Gasteiger partial charge < -0.3 is 14.8 Å². The van der Waals surface area contributed by atoms with E-state index in [1.54, 1.807) is 0 Å². The molecule has 0 amide bonds. The van der Waals surface area contributed by atoms with Gasteiger partial charge >= 0.3 is 0 Å². The maximum absolute atomic E-state index is 13.6. The second-order valence-corrected chi connectivity index (χ2v) is 4.69. The second kappa shape index (κ2) is 4.66. The van der Waals surface area contributed by atoms with E-state index in [9.17, 15) is 13.7 Å². The van der Waals surface area contributed by atoms with Crippen molar-refractivity contribution in [2.45, 2.75) is 11.9 Å². The van der Waals surface area contributed by atoms with Gasteiger partial charge in [-0.3, -0.25) is 0 Å². The summed E-state index contributed by atoms with van der Waals surface area (Å²) >= 11 is -2.06. The number of aliphatic hydroxyl groups is 2. The number of rotatable bonds is 3. The number of aliphatic hydroxyl groups excluding tert-OH is 2. The second-order valence-electron chi connectivity index (χ2n) is 3.76. The largest absolute Gasteiger partial charge is 0.392 e. The van der Waals surface area contributed by atoms with E-state index in [2.05, 4.69) is 0 Å². The van der Waals surface area contributed by atoms with Crippen molar-refractivity contribution in [2.24, 2.45) is 0 Å². The highest BCUT2D eigenvalue weighted by atomic mass is 32.2. The highest BCUT2D eigenvalue weighted by molar-refractivity contribution is 7.78. The molecule has 0 spiro atoms. The molecule has 0 aliphatic heterocycles. The van der Waals surface area contributed by atoms with Crippen LogP contribution in [0.3, 0.4) is 0 Å². The van der Waals surface area contributed by atoms with E-state index in [1.807, 2.05) is 0 Å². The topological polar surface area (TPSA) is 77.8 Å². The van der Waals surface area contributed by atoms with Gasteiger partial charge in [0, 0.05) is 5.56 Å². The Balaban J connectivity index is 2.57. The maximum Gasteiger partial charge on any atom is 0.157 e. The van der Waals surface area contributed by atoms with Crippen LogP contribution < -0.4 is 0 Å². The fourth-order valence-corrected chi connectivity index (χ4v) is 2.57. The third-order valence-corrected chi connectivity index (χ3v) is 3.27. The van der Waals surface area contributed by atoms with Gasteiger partial charge in [0.25, 0.3) is 0 Å². The SMILES string of the molecule is O=S(O)Cc1ccc(F)c2c1C(O)C=C2CO. The molecule has 1 aromatic rings. The fraction of sp³-hybridized carbons (Fsp3) is 0.273. The zero-order chi connectivity index (χ0) is 12.6. The lowest BCUT2D eigenvalue weighted by molar-refractivity contribution is 0.230. The molecule has 0 heterocycles. The molecule has 2 rings (SSSR count). The zero-order valence-electron chi connectivity index (χ0n) is 8.76. The maximum atomic E-state index is 13.6. The Kier molecular flexibility index (Phi) is 3.39. The van der Waals surface area contributed by atoms with Gasteiger partial charge in [-0.2, -0.15) is 0 Å². The molecule has 0 bridgehead atoms. The first-order chi connectivity index (χ1) is 8.04. The average Bonchev–Trinajstić information content (AvgIpc) is 2.60. The Bertz CT molecular complexity index is 512. The molecule has 0 saturated carbocycles. The van der Waals surface area contributed by atoms with Gasteiger partial charge in [0.1, 0.15) is 5.82 Å². The van der Waals surface area contributed by atoms with E-state index in [0.29, 0.717) is 11.1 Å². The van der Waals surface area contributed by atoms with Crippen LogP contribution in [0.1, 0.15) is 22.8 Å². The van der Waals surface area contributed by atoms with Crippen molar-refractivity contribution in [3.05, 3.63) is 40.7 Å². The lowest BCUT2D eigenvalue weighted by Crippen LogP contribution is -2.04. The first-order valence-electron chi connectivity index (χ1n) is 4.93. The Labute approximate surface area is 99.7 Å². The van der Waals surface area contributed by atoms with E-state index < -0.39 is 23.0 Å². The fourth-order valence-electron chi connectivity index (χ4n) is 2.05. The van der Waals surface area contributed by atoms with Gasteiger partial charge in [0.05, 0.1) is 18.5 Å². The van der Waals surface area contributed by atoms with Crippen molar-refractivity contribution < 1.29 is 23.4 Å². The van der Waals surface area contributed by atoms with Crippen LogP contribution in [-0.4, -0.2) is 25.6 Å². The molecule has 0 aromatic heterocycles. The number of benzene rings is 1.